The van der Waals surface area contributed by atoms with E-state index >= 15 is 0 Å². The number of H-pyrrole nitrogens is 1. The fourth-order valence-corrected chi connectivity index (χ4v) is 3.00. The van der Waals surface area contributed by atoms with E-state index in [0.717, 1.165) is 0 Å². The van der Waals surface area contributed by atoms with Crippen LogP contribution >= 0.6 is 0 Å². The van der Waals surface area contributed by atoms with Gasteiger partial charge in [0.2, 0.25) is 11.9 Å². The van der Waals surface area contributed by atoms with E-state index in [1.54, 1.807) is 18.4 Å². The summed E-state index contributed by atoms with van der Waals surface area (Å²) in [5, 5.41) is 2.62. The molecule has 3 heterocycles. The van der Waals surface area contributed by atoms with Gasteiger partial charge in [0.05, 0.1) is 20.4 Å². The third-order valence-corrected chi connectivity index (χ3v) is 5.97. The summed E-state index contributed by atoms with van der Waals surface area (Å²) in [4.78, 5) is 41.6. The first kappa shape index (κ1) is 23.3. The maximum Gasteiger partial charge on any atom is 0.280 e. The number of hydrogen-bond acceptors (Lipinski definition) is 7. The number of hydroxylamine groups is 3. The Bertz CT molecular complexity index is 1010. The topological polar surface area (TPSA) is 137 Å². The summed E-state index contributed by atoms with van der Waals surface area (Å²) >= 11 is 0. The molecule has 3 rings (SSSR count). The number of quaternary nitrogens is 1. The van der Waals surface area contributed by atoms with E-state index < -0.39 is 11.8 Å². The van der Waals surface area contributed by atoms with Gasteiger partial charge in [0.1, 0.15) is 24.5 Å². The molecule has 11 nitrogen and oxygen atoms in total. The highest BCUT2D eigenvalue weighted by molar-refractivity contribution is 5.91. The molecule has 1 amide bonds. The molecular weight excluding hydrogens is 402 g/mol. The first-order valence-corrected chi connectivity index (χ1v) is 10.5. The highest BCUT2D eigenvalue weighted by Crippen LogP contribution is 2.31. The molecule has 172 valence electrons. The molecule has 1 saturated heterocycles. The van der Waals surface area contributed by atoms with Crippen molar-refractivity contribution < 1.29 is 19.0 Å². The normalized spacial score (nSPS) is 22.4. The Balaban J connectivity index is 1.80. The van der Waals surface area contributed by atoms with Crippen molar-refractivity contribution >= 4 is 23.0 Å². The quantitative estimate of drug-likeness (QED) is 0.456. The second kappa shape index (κ2) is 8.30. The lowest BCUT2D eigenvalue weighted by molar-refractivity contribution is -1.11. The maximum atomic E-state index is 12.4. The van der Waals surface area contributed by atoms with Crippen molar-refractivity contribution in [2.45, 2.75) is 65.0 Å². The third kappa shape index (κ3) is 4.79. The van der Waals surface area contributed by atoms with Gasteiger partial charge in [-0.05, 0) is 20.8 Å². The average molecular weight is 437 g/mol. The molecule has 1 aliphatic rings. The first-order chi connectivity index (χ1) is 14.3. The van der Waals surface area contributed by atoms with E-state index in [4.69, 9.17) is 15.3 Å². The van der Waals surface area contributed by atoms with Crippen LogP contribution in [0.25, 0.3) is 11.2 Å². The van der Waals surface area contributed by atoms with Crippen LogP contribution in [0.15, 0.2) is 11.1 Å². The minimum Gasteiger partial charge on any atom is -0.350 e. The lowest BCUT2D eigenvalue weighted by Gasteiger charge is -2.39. The largest absolute Gasteiger partial charge is 0.350 e. The molecule has 0 aliphatic carbocycles. The summed E-state index contributed by atoms with van der Waals surface area (Å²) in [6.07, 6.45) is 1.27. The Morgan fingerprint density at radius 3 is 2.74 bits per heavy atom. The Labute approximate surface area is 181 Å². The number of nitrogens with two attached hydrogens (primary N) is 1. The number of carbonyl (C=O) groups is 1. The van der Waals surface area contributed by atoms with Gasteiger partial charge in [0, 0.05) is 18.4 Å². The highest BCUT2D eigenvalue weighted by Gasteiger charge is 2.39. The molecule has 0 radical (unpaired) electrons. The predicted octanol–water partition coefficient (Wildman–Crippen LogP) is 1.14. The minimum atomic E-state index is -0.443. The summed E-state index contributed by atoms with van der Waals surface area (Å²) in [5.41, 5.74) is 6.28. The summed E-state index contributed by atoms with van der Waals surface area (Å²) in [6.45, 7) is 10.1. The van der Waals surface area contributed by atoms with Crippen molar-refractivity contribution in [3.63, 3.8) is 0 Å². The molecule has 0 bridgehead atoms. The predicted molar refractivity (Wildman–Crippen MR) is 116 cm³/mol. The maximum absolute atomic E-state index is 12.4. The number of nitrogens with one attached hydrogen (secondary N) is 2. The number of ether oxygens (including phenoxy) is 1. The molecule has 31 heavy (non-hydrogen) atoms. The fraction of sp³-hybridized carbons (Fsp3) is 0.700. The molecule has 2 aromatic rings. The minimum absolute atomic E-state index is 0.0735. The Kier molecular flexibility index (Phi) is 6.25. The van der Waals surface area contributed by atoms with E-state index in [-0.39, 0.29) is 41.0 Å². The molecule has 3 unspecified atom stereocenters. The molecule has 2 aromatic heterocycles. The van der Waals surface area contributed by atoms with Crippen LogP contribution in [0.3, 0.4) is 0 Å². The Hall–Kier alpha value is -2.34. The average Bonchev–Trinajstić information content (AvgIpc) is 3.22. The number of aromatic amines is 1. The lowest BCUT2D eigenvalue weighted by Crippen LogP contribution is -2.55. The number of imidazole rings is 1. The van der Waals surface area contributed by atoms with Gasteiger partial charge >= 0.3 is 0 Å². The monoisotopic (exact) mass is 436 g/mol. The number of anilines is 1. The van der Waals surface area contributed by atoms with Crippen molar-refractivity contribution in [2.24, 2.45) is 11.7 Å². The van der Waals surface area contributed by atoms with E-state index in [1.165, 1.54) is 6.33 Å². The zero-order valence-corrected chi connectivity index (χ0v) is 19.3. The van der Waals surface area contributed by atoms with Gasteiger partial charge in [0.15, 0.2) is 11.2 Å². The molecule has 0 spiro atoms. The smallest absolute Gasteiger partial charge is 0.280 e. The summed E-state index contributed by atoms with van der Waals surface area (Å²) in [7, 11) is 3.98. The fourth-order valence-electron chi connectivity index (χ4n) is 3.00. The SMILES string of the molecule is CC(C)C(=O)Nc1nc2c(ncn2C2CC(N)C(CO[N+](C)(C)C(C)(C)C)O2)c(=O)[nH]1. The standard InChI is InChI=1S/C20H33N7O4/c1-11(2)17(28)24-19-23-16-15(18(29)25-19)22-10-26(16)14-8-12(21)13(31-14)9-30-27(6,7)20(3,4)5/h10-14H,8-9,21H2,1-7H3,(H-,23,24,25,28,29)/p+1. The second-order valence-corrected chi connectivity index (χ2v) is 9.73. The molecular formula is C20H34N7O4+. The number of hydrogen-bond donors (Lipinski definition) is 3. The van der Waals surface area contributed by atoms with Crippen LogP contribution < -0.4 is 16.6 Å². The summed E-state index contributed by atoms with van der Waals surface area (Å²) < 4.78 is 8.19. The lowest BCUT2D eigenvalue weighted by atomic mass is 10.1. The van der Waals surface area contributed by atoms with Crippen molar-refractivity contribution in [3.05, 3.63) is 16.7 Å². The molecule has 11 heteroatoms. The van der Waals surface area contributed by atoms with E-state index in [0.29, 0.717) is 23.3 Å². The summed E-state index contributed by atoms with van der Waals surface area (Å²) in [5.74, 6) is -0.424. The zero-order valence-electron chi connectivity index (χ0n) is 19.3. The van der Waals surface area contributed by atoms with Crippen LogP contribution in [0.5, 0.6) is 0 Å². The van der Waals surface area contributed by atoms with Gasteiger partial charge in [-0.1, -0.05) is 13.8 Å². The Morgan fingerprint density at radius 2 is 2.13 bits per heavy atom. The molecule has 0 aromatic carbocycles. The summed E-state index contributed by atoms with van der Waals surface area (Å²) in [6, 6.07) is -0.246. The molecule has 0 saturated carbocycles. The van der Waals surface area contributed by atoms with Gasteiger partial charge in [-0.25, -0.2) is 9.82 Å². The second-order valence-electron chi connectivity index (χ2n) is 9.73. The van der Waals surface area contributed by atoms with Gasteiger partial charge in [-0.2, -0.15) is 9.63 Å². The number of aromatic nitrogens is 4. The van der Waals surface area contributed by atoms with Gasteiger partial charge in [-0.3, -0.25) is 24.5 Å². The number of carbonyl (C=O) groups excluding carboxylic acids is 1. The van der Waals surface area contributed by atoms with Crippen molar-refractivity contribution in [2.75, 3.05) is 26.0 Å². The van der Waals surface area contributed by atoms with Crippen LogP contribution in [-0.2, 0) is 14.4 Å². The van der Waals surface area contributed by atoms with Crippen LogP contribution in [-0.4, -0.2) is 68.5 Å². The first-order valence-electron chi connectivity index (χ1n) is 10.5. The van der Waals surface area contributed by atoms with E-state index in [9.17, 15) is 9.59 Å². The number of nitrogens with zero attached hydrogens (tertiary/aromatic N) is 4. The molecule has 4 N–H and O–H groups in total. The van der Waals surface area contributed by atoms with Crippen LogP contribution in [0, 0.1) is 5.92 Å². The Morgan fingerprint density at radius 1 is 1.45 bits per heavy atom. The van der Waals surface area contributed by atoms with E-state index in [1.807, 2.05) is 14.1 Å². The van der Waals surface area contributed by atoms with Crippen LogP contribution in [0.1, 0.15) is 47.3 Å². The van der Waals surface area contributed by atoms with Crippen molar-refractivity contribution in [1.82, 2.24) is 19.5 Å². The zero-order chi connectivity index (χ0) is 23.1. The molecule has 3 atom stereocenters. The van der Waals surface area contributed by atoms with Crippen molar-refractivity contribution in [1.29, 1.82) is 0 Å². The number of amides is 1. The van der Waals surface area contributed by atoms with Gasteiger partial charge < -0.3 is 10.5 Å². The number of fused-ring (bicyclic) bond motifs is 1. The number of rotatable bonds is 6. The van der Waals surface area contributed by atoms with Gasteiger partial charge in [-0.15, -0.1) is 0 Å². The van der Waals surface area contributed by atoms with Crippen molar-refractivity contribution in [3.8, 4) is 0 Å². The third-order valence-electron chi connectivity index (χ3n) is 5.97. The molecule has 1 aliphatic heterocycles. The molecule has 1 fully saturated rings. The van der Waals surface area contributed by atoms with Crippen LogP contribution in [0.4, 0.5) is 5.95 Å². The highest BCUT2D eigenvalue weighted by atomic mass is 16.7. The van der Waals surface area contributed by atoms with Crippen LogP contribution in [0.2, 0.25) is 0 Å². The van der Waals surface area contributed by atoms with Gasteiger partial charge in [0.25, 0.3) is 5.56 Å². The van der Waals surface area contributed by atoms with E-state index in [2.05, 4.69) is 41.0 Å².